The van der Waals surface area contributed by atoms with E-state index >= 15 is 0 Å². The van der Waals surface area contributed by atoms with Crippen LogP contribution in [0.25, 0.3) is 0 Å². The van der Waals surface area contributed by atoms with Crippen LogP contribution in [0.15, 0.2) is 16.7 Å². The molecule has 2 fully saturated rings. The smallest absolute Gasteiger partial charge is 0.338 e. The first-order chi connectivity index (χ1) is 10.8. The molecule has 0 aromatic carbocycles. The van der Waals surface area contributed by atoms with Crippen molar-refractivity contribution in [1.29, 1.82) is 0 Å². The van der Waals surface area contributed by atoms with Crippen LogP contribution in [-0.2, 0) is 4.79 Å². The Kier molecular flexibility index (Phi) is 3.66. The number of hydrogen-bond acceptors (Lipinski definition) is 4. The first-order valence-electron chi connectivity index (χ1n) is 7.72. The van der Waals surface area contributed by atoms with Gasteiger partial charge in [-0.15, -0.1) is 0 Å². The SMILES string of the molecule is CC1(C)CN(C(=O)C2CC2)CCN1C(=O)c1cc(C(=O)O)co1. The van der Waals surface area contributed by atoms with Crippen molar-refractivity contribution in [2.45, 2.75) is 32.2 Å². The highest BCUT2D eigenvalue weighted by molar-refractivity contribution is 5.96. The predicted molar refractivity (Wildman–Crippen MR) is 80.1 cm³/mol. The molecule has 2 aliphatic rings. The van der Waals surface area contributed by atoms with E-state index in [9.17, 15) is 14.4 Å². The molecule has 0 spiro atoms. The maximum atomic E-state index is 12.6. The third-order valence-corrected chi connectivity index (χ3v) is 4.44. The first kappa shape index (κ1) is 15.6. The second-order valence-corrected chi connectivity index (χ2v) is 6.81. The van der Waals surface area contributed by atoms with Gasteiger partial charge in [0.15, 0.2) is 5.76 Å². The lowest BCUT2D eigenvalue weighted by atomic mass is 9.97. The number of furan rings is 1. The Balaban J connectivity index is 1.73. The molecule has 1 aliphatic heterocycles. The van der Waals surface area contributed by atoms with Crippen molar-refractivity contribution >= 4 is 17.8 Å². The number of piperazine rings is 1. The number of rotatable bonds is 3. The van der Waals surface area contributed by atoms with Gasteiger partial charge < -0.3 is 19.3 Å². The predicted octanol–water partition coefficient (Wildman–Crippen LogP) is 1.45. The molecule has 1 aromatic heterocycles. The molecule has 23 heavy (non-hydrogen) atoms. The molecule has 7 nitrogen and oxygen atoms in total. The topological polar surface area (TPSA) is 91.1 Å². The lowest BCUT2D eigenvalue weighted by Crippen LogP contribution is -2.62. The molecule has 124 valence electrons. The van der Waals surface area contributed by atoms with E-state index in [2.05, 4.69) is 0 Å². The molecule has 1 saturated carbocycles. The van der Waals surface area contributed by atoms with Gasteiger partial charge in [0.05, 0.1) is 11.1 Å². The number of aromatic carboxylic acids is 1. The molecule has 0 atom stereocenters. The van der Waals surface area contributed by atoms with Crippen molar-refractivity contribution in [2.75, 3.05) is 19.6 Å². The Labute approximate surface area is 133 Å². The summed E-state index contributed by atoms with van der Waals surface area (Å²) in [6.07, 6.45) is 2.99. The van der Waals surface area contributed by atoms with E-state index in [-0.39, 0.29) is 29.1 Å². The van der Waals surface area contributed by atoms with Crippen molar-refractivity contribution in [3.05, 3.63) is 23.7 Å². The van der Waals surface area contributed by atoms with Crippen LogP contribution in [0.3, 0.4) is 0 Å². The summed E-state index contributed by atoms with van der Waals surface area (Å²) in [7, 11) is 0. The molecule has 2 amide bonds. The van der Waals surface area contributed by atoms with Gasteiger partial charge in [0.25, 0.3) is 5.91 Å². The first-order valence-corrected chi connectivity index (χ1v) is 7.72. The van der Waals surface area contributed by atoms with Gasteiger partial charge in [0.2, 0.25) is 5.91 Å². The summed E-state index contributed by atoms with van der Waals surface area (Å²) in [5.41, 5.74) is -0.579. The molecule has 1 aliphatic carbocycles. The molecule has 1 aromatic rings. The molecule has 2 heterocycles. The average Bonchev–Trinajstić information content (AvgIpc) is 3.20. The number of nitrogens with zero attached hydrogens (tertiary/aromatic N) is 2. The zero-order valence-electron chi connectivity index (χ0n) is 13.2. The van der Waals surface area contributed by atoms with Crippen LogP contribution < -0.4 is 0 Å². The van der Waals surface area contributed by atoms with E-state index < -0.39 is 11.5 Å². The second-order valence-electron chi connectivity index (χ2n) is 6.81. The van der Waals surface area contributed by atoms with Gasteiger partial charge in [-0.2, -0.15) is 0 Å². The van der Waals surface area contributed by atoms with Crippen LogP contribution in [-0.4, -0.2) is 57.9 Å². The van der Waals surface area contributed by atoms with Gasteiger partial charge in [-0.25, -0.2) is 4.79 Å². The highest BCUT2D eigenvalue weighted by Crippen LogP contribution is 2.33. The molecule has 0 radical (unpaired) electrons. The minimum Gasteiger partial charge on any atom is -0.478 e. The van der Waals surface area contributed by atoms with E-state index in [1.807, 2.05) is 18.7 Å². The Morgan fingerprint density at radius 3 is 2.48 bits per heavy atom. The normalized spacial score (nSPS) is 20.4. The fourth-order valence-electron chi connectivity index (χ4n) is 3.00. The fourth-order valence-corrected chi connectivity index (χ4v) is 3.00. The second kappa shape index (κ2) is 5.40. The van der Waals surface area contributed by atoms with E-state index in [0.717, 1.165) is 19.1 Å². The molecule has 3 rings (SSSR count). The van der Waals surface area contributed by atoms with Crippen LogP contribution in [0.4, 0.5) is 0 Å². The summed E-state index contributed by atoms with van der Waals surface area (Å²) in [4.78, 5) is 39.2. The molecule has 7 heteroatoms. The summed E-state index contributed by atoms with van der Waals surface area (Å²) in [6.45, 7) is 5.18. The Morgan fingerprint density at radius 2 is 1.96 bits per heavy atom. The van der Waals surface area contributed by atoms with Gasteiger partial charge in [0.1, 0.15) is 6.26 Å². The Bertz CT molecular complexity index is 659. The highest BCUT2D eigenvalue weighted by Gasteiger charge is 2.42. The van der Waals surface area contributed by atoms with Gasteiger partial charge in [0, 0.05) is 31.6 Å². The number of hydrogen-bond donors (Lipinski definition) is 1. The third-order valence-electron chi connectivity index (χ3n) is 4.44. The molecular formula is C16H20N2O5. The molecule has 0 unspecified atom stereocenters. The van der Waals surface area contributed by atoms with Gasteiger partial charge in [-0.3, -0.25) is 9.59 Å². The van der Waals surface area contributed by atoms with E-state index in [1.54, 1.807) is 4.90 Å². The van der Waals surface area contributed by atoms with Crippen molar-refractivity contribution in [2.24, 2.45) is 5.92 Å². The van der Waals surface area contributed by atoms with Crippen molar-refractivity contribution < 1.29 is 23.9 Å². The molecule has 0 bridgehead atoms. The largest absolute Gasteiger partial charge is 0.478 e. The van der Waals surface area contributed by atoms with Crippen LogP contribution >= 0.6 is 0 Å². The lowest BCUT2D eigenvalue weighted by Gasteiger charge is -2.46. The minimum atomic E-state index is -1.13. The summed E-state index contributed by atoms with van der Waals surface area (Å²) in [5, 5.41) is 8.92. The molecule has 1 saturated heterocycles. The highest BCUT2D eigenvalue weighted by atomic mass is 16.4. The van der Waals surface area contributed by atoms with Crippen LogP contribution in [0.1, 0.15) is 47.6 Å². The number of carboxylic acids is 1. The van der Waals surface area contributed by atoms with E-state index in [1.165, 1.54) is 6.07 Å². The number of carbonyl (C=O) groups excluding carboxylic acids is 2. The van der Waals surface area contributed by atoms with Crippen LogP contribution in [0.5, 0.6) is 0 Å². The lowest BCUT2D eigenvalue weighted by molar-refractivity contribution is -0.136. The van der Waals surface area contributed by atoms with Crippen molar-refractivity contribution in [1.82, 2.24) is 9.80 Å². The summed E-state index contributed by atoms with van der Waals surface area (Å²) >= 11 is 0. The molecular weight excluding hydrogens is 300 g/mol. The van der Waals surface area contributed by atoms with Gasteiger partial charge >= 0.3 is 5.97 Å². The standard InChI is InChI=1S/C16H20N2O5/c1-16(2)9-17(13(19)10-3-4-10)5-6-18(16)14(20)12-7-11(8-23-12)15(21)22/h7-8,10H,3-6,9H2,1-2H3,(H,21,22). The monoisotopic (exact) mass is 320 g/mol. The zero-order chi connectivity index (χ0) is 16.8. The Hall–Kier alpha value is -2.31. The van der Waals surface area contributed by atoms with Crippen molar-refractivity contribution in [3.8, 4) is 0 Å². The van der Waals surface area contributed by atoms with Crippen molar-refractivity contribution in [3.63, 3.8) is 0 Å². The maximum Gasteiger partial charge on any atom is 0.338 e. The van der Waals surface area contributed by atoms with Crippen LogP contribution in [0, 0.1) is 5.92 Å². The van der Waals surface area contributed by atoms with Crippen LogP contribution in [0.2, 0.25) is 0 Å². The van der Waals surface area contributed by atoms with E-state index in [4.69, 9.17) is 9.52 Å². The maximum absolute atomic E-state index is 12.6. The van der Waals surface area contributed by atoms with Gasteiger partial charge in [-0.05, 0) is 26.7 Å². The van der Waals surface area contributed by atoms with Gasteiger partial charge in [-0.1, -0.05) is 0 Å². The Morgan fingerprint density at radius 1 is 1.26 bits per heavy atom. The number of carbonyl (C=O) groups is 3. The third kappa shape index (κ3) is 2.95. The number of carboxylic acid groups (broad SMARTS) is 1. The molecule has 1 N–H and O–H groups in total. The summed E-state index contributed by atoms with van der Waals surface area (Å²) in [6, 6.07) is 1.24. The average molecular weight is 320 g/mol. The summed E-state index contributed by atoms with van der Waals surface area (Å²) in [5.74, 6) is -1.13. The fraction of sp³-hybridized carbons (Fsp3) is 0.562. The quantitative estimate of drug-likeness (QED) is 0.910. The summed E-state index contributed by atoms with van der Waals surface area (Å²) < 4.78 is 5.10. The zero-order valence-corrected chi connectivity index (χ0v) is 13.2. The number of amides is 2. The minimum absolute atomic E-state index is 0.0115. The van der Waals surface area contributed by atoms with E-state index in [0.29, 0.717) is 19.6 Å².